The normalized spacial score (nSPS) is 12.0. The molecule has 2 heterocycles. The minimum absolute atomic E-state index is 0.220. The smallest absolute Gasteiger partial charge is 0.252 e. The zero-order chi connectivity index (χ0) is 14.7. The monoisotopic (exact) mass is 275 g/mol. The number of carbonyl (C=O) groups excluding carboxylic acids is 1. The van der Waals surface area contributed by atoms with Gasteiger partial charge in [-0.2, -0.15) is 0 Å². The van der Waals surface area contributed by atoms with Gasteiger partial charge in [0, 0.05) is 18.3 Å². The van der Waals surface area contributed by atoms with Crippen LogP contribution in [0.15, 0.2) is 18.5 Å². The molecule has 8 heteroatoms. The number of nitrogen functional groups attached to an aromatic ring is 1. The minimum Gasteiger partial charge on any atom is -0.342 e. The summed E-state index contributed by atoms with van der Waals surface area (Å²) in [6, 6.07) is 3.03. The predicted octanol–water partition coefficient (Wildman–Crippen LogP) is 0.295. The number of nitrogens with two attached hydrogens (primary N) is 1. The van der Waals surface area contributed by atoms with E-state index in [0.29, 0.717) is 22.9 Å². The van der Waals surface area contributed by atoms with Gasteiger partial charge in [0.25, 0.3) is 5.91 Å². The van der Waals surface area contributed by atoms with Crippen LogP contribution < -0.4 is 16.6 Å². The number of aryl methyl sites for hydroxylation is 2. The topological polar surface area (TPSA) is 111 Å². The number of nitrogens with one attached hydrogen (secondary N) is 2. The fourth-order valence-corrected chi connectivity index (χ4v) is 1.90. The molecule has 0 aliphatic carbocycles. The van der Waals surface area contributed by atoms with Gasteiger partial charge >= 0.3 is 0 Å². The second-order valence-electron chi connectivity index (χ2n) is 4.52. The third kappa shape index (κ3) is 2.91. The number of hydrazine groups is 1. The lowest BCUT2D eigenvalue weighted by molar-refractivity contribution is 0.0937. The first kappa shape index (κ1) is 13.9. The number of pyridine rings is 1. The van der Waals surface area contributed by atoms with E-state index in [1.165, 1.54) is 0 Å². The average molecular weight is 275 g/mol. The molecule has 8 nitrogen and oxygen atoms in total. The Morgan fingerprint density at radius 1 is 1.45 bits per heavy atom. The van der Waals surface area contributed by atoms with Crippen LogP contribution >= 0.6 is 0 Å². The number of carbonyl (C=O) groups is 1. The molecule has 1 atom stereocenters. The summed E-state index contributed by atoms with van der Waals surface area (Å²) in [4.78, 5) is 16.4. The van der Waals surface area contributed by atoms with Crippen molar-refractivity contribution >= 4 is 11.7 Å². The molecule has 106 valence electrons. The molecule has 0 bridgehead atoms. The van der Waals surface area contributed by atoms with Crippen molar-refractivity contribution in [2.24, 2.45) is 12.9 Å². The number of aromatic nitrogens is 4. The van der Waals surface area contributed by atoms with E-state index >= 15 is 0 Å². The maximum Gasteiger partial charge on any atom is 0.252 e. The van der Waals surface area contributed by atoms with Crippen molar-refractivity contribution in [3.8, 4) is 0 Å². The molecular weight excluding hydrogens is 258 g/mol. The summed E-state index contributed by atoms with van der Waals surface area (Å²) in [7, 11) is 1.82. The third-order valence-corrected chi connectivity index (χ3v) is 2.84. The lowest BCUT2D eigenvalue weighted by Gasteiger charge is -2.13. The van der Waals surface area contributed by atoms with Crippen LogP contribution in [0.4, 0.5) is 5.82 Å². The number of rotatable bonds is 4. The quantitative estimate of drug-likeness (QED) is 0.546. The van der Waals surface area contributed by atoms with E-state index in [2.05, 4.69) is 25.9 Å². The van der Waals surface area contributed by atoms with Crippen molar-refractivity contribution in [3.63, 3.8) is 0 Å². The van der Waals surface area contributed by atoms with Gasteiger partial charge in [0.1, 0.15) is 12.1 Å². The lowest BCUT2D eigenvalue weighted by atomic mass is 10.2. The summed E-state index contributed by atoms with van der Waals surface area (Å²) in [6.07, 6.45) is 1.59. The molecule has 0 aliphatic rings. The number of hydrogen-bond donors (Lipinski definition) is 3. The first-order chi connectivity index (χ1) is 9.51. The van der Waals surface area contributed by atoms with Gasteiger partial charge in [0.15, 0.2) is 5.82 Å². The maximum absolute atomic E-state index is 12.2. The Hall–Kier alpha value is -2.48. The third-order valence-electron chi connectivity index (χ3n) is 2.84. The first-order valence-electron chi connectivity index (χ1n) is 6.11. The number of amides is 1. The second-order valence-corrected chi connectivity index (χ2v) is 4.52. The fourth-order valence-electron chi connectivity index (χ4n) is 1.90. The van der Waals surface area contributed by atoms with Crippen molar-refractivity contribution in [2.75, 3.05) is 5.43 Å². The van der Waals surface area contributed by atoms with Crippen LogP contribution in [-0.4, -0.2) is 25.7 Å². The summed E-state index contributed by atoms with van der Waals surface area (Å²) in [5.41, 5.74) is 3.63. The van der Waals surface area contributed by atoms with Crippen LogP contribution in [0.3, 0.4) is 0 Å². The average Bonchev–Trinajstić information content (AvgIpc) is 2.84. The van der Waals surface area contributed by atoms with Crippen LogP contribution in [0.1, 0.15) is 34.8 Å². The van der Waals surface area contributed by atoms with E-state index in [1.54, 1.807) is 30.0 Å². The summed E-state index contributed by atoms with van der Waals surface area (Å²) < 4.78 is 1.76. The maximum atomic E-state index is 12.2. The summed E-state index contributed by atoms with van der Waals surface area (Å²) >= 11 is 0. The van der Waals surface area contributed by atoms with Crippen LogP contribution in [0.2, 0.25) is 0 Å². The van der Waals surface area contributed by atoms with Gasteiger partial charge in [-0.25, -0.2) is 10.8 Å². The van der Waals surface area contributed by atoms with E-state index in [1.807, 2.05) is 14.0 Å². The van der Waals surface area contributed by atoms with E-state index in [-0.39, 0.29) is 11.9 Å². The molecule has 1 unspecified atom stereocenters. The number of hydrogen-bond acceptors (Lipinski definition) is 6. The fraction of sp³-hybridized carbons (Fsp3) is 0.333. The molecule has 0 aliphatic heterocycles. The second kappa shape index (κ2) is 5.66. The van der Waals surface area contributed by atoms with Crippen LogP contribution in [-0.2, 0) is 7.05 Å². The lowest BCUT2D eigenvalue weighted by Crippen LogP contribution is -2.28. The van der Waals surface area contributed by atoms with Gasteiger partial charge in [-0.15, -0.1) is 10.2 Å². The Bertz CT molecular complexity index is 622. The summed E-state index contributed by atoms with van der Waals surface area (Å²) in [5, 5.41) is 10.6. The molecule has 0 aromatic carbocycles. The zero-order valence-electron chi connectivity index (χ0n) is 11.6. The summed E-state index contributed by atoms with van der Waals surface area (Å²) in [5.74, 6) is 6.23. The highest BCUT2D eigenvalue weighted by Gasteiger charge is 2.16. The highest BCUT2D eigenvalue weighted by atomic mass is 16.1. The molecule has 0 radical (unpaired) electrons. The van der Waals surface area contributed by atoms with Crippen LogP contribution in [0.5, 0.6) is 0 Å². The molecular formula is C12H17N7O. The molecule has 0 fully saturated rings. The van der Waals surface area contributed by atoms with Crippen LogP contribution in [0, 0.1) is 6.92 Å². The summed E-state index contributed by atoms with van der Waals surface area (Å²) in [6.45, 7) is 3.64. The van der Waals surface area contributed by atoms with Crippen molar-refractivity contribution in [1.29, 1.82) is 0 Å². The van der Waals surface area contributed by atoms with E-state index in [4.69, 9.17) is 5.84 Å². The van der Waals surface area contributed by atoms with Crippen molar-refractivity contribution in [2.45, 2.75) is 19.9 Å². The Morgan fingerprint density at radius 3 is 2.80 bits per heavy atom. The predicted molar refractivity (Wildman–Crippen MR) is 73.7 cm³/mol. The van der Waals surface area contributed by atoms with Crippen molar-refractivity contribution < 1.29 is 4.79 Å². The van der Waals surface area contributed by atoms with Gasteiger partial charge < -0.3 is 15.3 Å². The van der Waals surface area contributed by atoms with Gasteiger partial charge in [-0.05, 0) is 26.0 Å². The highest BCUT2D eigenvalue weighted by molar-refractivity contribution is 5.95. The Morgan fingerprint density at radius 2 is 2.20 bits per heavy atom. The van der Waals surface area contributed by atoms with Gasteiger partial charge in [0.2, 0.25) is 0 Å². The molecule has 20 heavy (non-hydrogen) atoms. The number of nitrogens with zero attached hydrogens (tertiary/aromatic N) is 4. The van der Waals surface area contributed by atoms with E-state index in [9.17, 15) is 4.79 Å². The van der Waals surface area contributed by atoms with Crippen molar-refractivity contribution in [3.05, 3.63) is 35.5 Å². The number of anilines is 1. The Balaban J connectivity index is 2.16. The standard InChI is InChI=1S/C12H17N7O/c1-7-4-9(5-10(15-7)17-13)12(20)16-8(2)11-18-14-6-19(11)3/h4-6,8H,13H2,1-3H3,(H,15,17)(H,16,20). The zero-order valence-corrected chi connectivity index (χ0v) is 11.6. The highest BCUT2D eigenvalue weighted by Crippen LogP contribution is 2.12. The van der Waals surface area contributed by atoms with Gasteiger partial charge in [-0.3, -0.25) is 4.79 Å². The minimum atomic E-state index is -0.252. The SMILES string of the molecule is Cc1cc(C(=O)NC(C)c2nncn2C)cc(NN)n1. The molecule has 2 rings (SSSR count). The van der Waals surface area contributed by atoms with E-state index in [0.717, 1.165) is 0 Å². The Labute approximate surface area is 116 Å². The molecule has 2 aromatic rings. The molecule has 0 saturated heterocycles. The first-order valence-corrected chi connectivity index (χ1v) is 6.11. The van der Waals surface area contributed by atoms with Gasteiger partial charge in [-0.1, -0.05) is 0 Å². The molecule has 4 N–H and O–H groups in total. The van der Waals surface area contributed by atoms with Gasteiger partial charge in [0.05, 0.1) is 6.04 Å². The largest absolute Gasteiger partial charge is 0.342 e. The molecule has 0 spiro atoms. The van der Waals surface area contributed by atoms with Crippen LogP contribution in [0.25, 0.3) is 0 Å². The van der Waals surface area contributed by atoms with E-state index < -0.39 is 0 Å². The Kier molecular flexibility index (Phi) is 3.94. The molecule has 0 saturated carbocycles. The molecule has 1 amide bonds. The molecule has 2 aromatic heterocycles. The van der Waals surface area contributed by atoms with Crippen molar-refractivity contribution in [1.82, 2.24) is 25.1 Å².